The van der Waals surface area contributed by atoms with Crippen molar-refractivity contribution in [1.29, 1.82) is 0 Å². The van der Waals surface area contributed by atoms with E-state index < -0.39 is 27.3 Å². The molecule has 3 rings (SSSR count). The number of likely N-dealkylation sites (N-methyl/N-ethyl adjacent to an activating group) is 1. The lowest BCUT2D eigenvalue weighted by molar-refractivity contribution is -0.156. The Hall–Kier alpha value is -2.71. The minimum atomic E-state index is -3.63. The molecule has 1 N–H and O–H groups in total. The molecule has 1 heterocycles. The monoisotopic (exact) mass is 416 g/mol. The van der Waals surface area contributed by atoms with Gasteiger partial charge in [-0.1, -0.05) is 48.5 Å². The lowest BCUT2D eigenvalue weighted by atomic mass is 9.73. The van der Waals surface area contributed by atoms with Crippen molar-refractivity contribution in [2.75, 3.05) is 26.7 Å². The number of rotatable bonds is 6. The number of sulfonamides is 1. The SMILES string of the molecule is CNC(=O)COC(=O)C1(c2ccccc2)CCN(S(=O)(=O)c2ccccc2)CC1. The van der Waals surface area contributed by atoms with Gasteiger partial charge in [0.1, 0.15) is 0 Å². The predicted molar refractivity (Wildman–Crippen MR) is 108 cm³/mol. The highest BCUT2D eigenvalue weighted by Gasteiger charge is 2.46. The summed E-state index contributed by atoms with van der Waals surface area (Å²) < 4.78 is 32.5. The van der Waals surface area contributed by atoms with Gasteiger partial charge in [0.25, 0.3) is 5.91 Å². The molecule has 0 unspecified atom stereocenters. The van der Waals surface area contributed by atoms with Crippen LogP contribution in [0.2, 0.25) is 0 Å². The van der Waals surface area contributed by atoms with Gasteiger partial charge in [-0.25, -0.2) is 8.42 Å². The Morgan fingerprint density at radius 3 is 2.10 bits per heavy atom. The summed E-state index contributed by atoms with van der Waals surface area (Å²) in [6.07, 6.45) is 0.547. The fourth-order valence-electron chi connectivity index (χ4n) is 3.56. The summed E-state index contributed by atoms with van der Waals surface area (Å²) in [5, 5.41) is 2.42. The van der Waals surface area contributed by atoms with Crippen LogP contribution in [0.5, 0.6) is 0 Å². The molecule has 1 amide bonds. The lowest BCUT2D eigenvalue weighted by Gasteiger charge is -2.39. The van der Waals surface area contributed by atoms with E-state index in [4.69, 9.17) is 4.74 Å². The second-order valence-electron chi connectivity index (χ2n) is 6.91. The first-order valence-corrected chi connectivity index (χ1v) is 10.8. The van der Waals surface area contributed by atoms with E-state index in [2.05, 4.69) is 5.32 Å². The van der Waals surface area contributed by atoms with Crippen LogP contribution in [-0.4, -0.2) is 51.3 Å². The van der Waals surface area contributed by atoms with E-state index in [1.807, 2.05) is 30.3 Å². The number of nitrogens with zero attached hydrogens (tertiary/aromatic N) is 1. The molecule has 2 aromatic rings. The molecule has 29 heavy (non-hydrogen) atoms. The Bertz CT molecular complexity index is 953. The normalized spacial score (nSPS) is 16.7. The van der Waals surface area contributed by atoms with Crippen molar-refractivity contribution >= 4 is 21.9 Å². The number of amides is 1. The summed E-state index contributed by atoms with van der Waals surface area (Å²) in [4.78, 5) is 24.7. The van der Waals surface area contributed by atoms with Gasteiger partial charge < -0.3 is 10.1 Å². The lowest BCUT2D eigenvalue weighted by Crippen LogP contribution is -2.50. The largest absolute Gasteiger partial charge is 0.455 e. The first-order chi connectivity index (χ1) is 13.9. The van der Waals surface area contributed by atoms with Crippen LogP contribution in [0, 0.1) is 0 Å². The standard InChI is InChI=1S/C21H24N2O5S/c1-22-19(24)16-28-20(25)21(17-8-4-2-5-9-17)12-14-23(15-13-21)29(26,27)18-10-6-3-7-11-18/h2-11H,12-16H2,1H3,(H,22,24). The Morgan fingerprint density at radius 1 is 1.00 bits per heavy atom. The van der Waals surface area contributed by atoms with E-state index in [-0.39, 0.29) is 37.4 Å². The Balaban J connectivity index is 1.83. The van der Waals surface area contributed by atoms with Gasteiger partial charge in [-0.2, -0.15) is 4.31 Å². The maximum absolute atomic E-state index is 13.0. The third kappa shape index (κ3) is 4.33. The highest BCUT2D eigenvalue weighted by Crippen LogP contribution is 2.38. The molecular weight excluding hydrogens is 392 g/mol. The highest BCUT2D eigenvalue weighted by molar-refractivity contribution is 7.89. The molecule has 0 aliphatic carbocycles. The van der Waals surface area contributed by atoms with E-state index >= 15 is 0 Å². The second kappa shape index (κ2) is 8.75. The molecule has 0 bridgehead atoms. The summed E-state index contributed by atoms with van der Waals surface area (Å²) in [5.74, 6) is -0.908. The molecule has 7 nitrogen and oxygen atoms in total. The van der Waals surface area contributed by atoms with Crippen molar-refractivity contribution in [2.24, 2.45) is 0 Å². The maximum Gasteiger partial charge on any atom is 0.317 e. The van der Waals surface area contributed by atoms with E-state index in [0.29, 0.717) is 0 Å². The number of nitrogens with one attached hydrogen (secondary N) is 1. The van der Waals surface area contributed by atoms with Crippen molar-refractivity contribution in [3.05, 3.63) is 66.2 Å². The zero-order valence-electron chi connectivity index (χ0n) is 16.2. The topological polar surface area (TPSA) is 92.8 Å². The third-order valence-corrected chi connectivity index (χ3v) is 7.20. The Morgan fingerprint density at radius 2 is 1.55 bits per heavy atom. The smallest absolute Gasteiger partial charge is 0.317 e. The van der Waals surface area contributed by atoms with Crippen molar-refractivity contribution in [1.82, 2.24) is 9.62 Å². The van der Waals surface area contributed by atoms with Crippen molar-refractivity contribution in [3.8, 4) is 0 Å². The predicted octanol–water partition coefficient (Wildman–Crippen LogP) is 1.70. The van der Waals surface area contributed by atoms with Crippen molar-refractivity contribution in [3.63, 3.8) is 0 Å². The van der Waals surface area contributed by atoms with E-state index in [1.165, 1.54) is 11.4 Å². The van der Waals surface area contributed by atoms with Gasteiger partial charge in [-0.15, -0.1) is 0 Å². The zero-order valence-corrected chi connectivity index (χ0v) is 17.0. The van der Waals surface area contributed by atoms with Gasteiger partial charge in [0.15, 0.2) is 6.61 Å². The average Bonchev–Trinajstić information content (AvgIpc) is 2.78. The molecule has 0 aromatic heterocycles. The summed E-state index contributed by atoms with van der Waals surface area (Å²) in [5.41, 5.74) is -0.225. The average molecular weight is 416 g/mol. The van der Waals surface area contributed by atoms with Gasteiger partial charge in [-0.05, 0) is 30.5 Å². The molecule has 0 spiro atoms. The summed E-state index contributed by atoms with van der Waals surface area (Å²) in [6.45, 7) is -0.00165. The molecule has 0 saturated carbocycles. The first kappa shape index (κ1) is 21.0. The van der Waals surface area contributed by atoms with Crippen LogP contribution in [0.25, 0.3) is 0 Å². The number of hydrogen-bond acceptors (Lipinski definition) is 5. The fraction of sp³-hybridized carbons (Fsp3) is 0.333. The molecule has 2 aromatic carbocycles. The summed E-state index contributed by atoms with van der Waals surface area (Å²) in [7, 11) is -2.16. The van der Waals surface area contributed by atoms with Gasteiger partial charge in [-0.3, -0.25) is 9.59 Å². The number of esters is 1. The number of benzene rings is 2. The van der Waals surface area contributed by atoms with Crippen LogP contribution in [-0.2, 0) is 29.8 Å². The number of carbonyl (C=O) groups is 2. The molecule has 0 atom stereocenters. The first-order valence-electron chi connectivity index (χ1n) is 9.39. The number of hydrogen-bond donors (Lipinski definition) is 1. The van der Waals surface area contributed by atoms with Crippen LogP contribution < -0.4 is 5.32 Å². The molecule has 1 aliphatic heterocycles. The fourth-order valence-corrected chi connectivity index (χ4v) is 5.02. The van der Waals surface area contributed by atoms with Crippen molar-refractivity contribution in [2.45, 2.75) is 23.2 Å². The minimum Gasteiger partial charge on any atom is -0.455 e. The Kier molecular flexibility index (Phi) is 6.34. The van der Waals surface area contributed by atoms with Gasteiger partial charge >= 0.3 is 5.97 Å². The second-order valence-corrected chi connectivity index (χ2v) is 8.85. The molecule has 1 aliphatic rings. The summed E-state index contributed by atoms with van der Waals surface area (Å²) >= 11 is 0. The molecular formula is C21H24N2O5S. The maximum atomic E-state index is 13.0. The molecule has 0 radical (unpaired) electrons. The molecule has 154 valence electrons. The van der Waals surface area contributed by atoms with Crippen LogP contribution in [0.3, 0.4) is 0 Å². The van der Waals surface area contributed by atoms with Gasteiger partial charge in [0.2, 0.25) is 10.0 Å². The van der Waals surface area contributed by atoms with Crippen LogP contribution in [0.15, 0.2) is 65.6 Å². The van der Waals surface area contributed by atoms with Gasteiger partial charge in [0, 0.05) is 20.1 Å². The minimum absolute atomic E-state index is 0.182. The number of piperidine rings is 1. The molecule has 8 heteroatoms. The number of ether oxygens (including phenoxy) is 1. The van der Waals surface area contributed by atoms with Gasteiger partial charge in [0.05, 0.1) is 10.3 Å². The Labute approximate surface area is 170 Å². The number of carbonyl (C=O) groups excluding carboxylic acids is 2. The van der Waals surface area contributed by atoms with E-state index in [0.717, 1.165) is 5.56 Å². The highest BCUT2D eigenvalue weighted by atomic mass is 32.2. The molecule has 1 fully saturated rings. The summed E-state index contributed by atoms with van der Waals surface area (Å²) in [6, 6.07) is 17.4. The zero-order chi connectivity index (χ0) is 20.9. The third-order valence-electron chi connectivity index (χ3n) is 5.29. The van der Waals surface area contributed by atoms with Crippen LogP contribution in [0.4, 0.5) is 0 Å². The molecule has 1 saturated heterocycles. The van der Waals surface area contributed by atoms with E-state index in [9.17, 15) is 18.0 Å². The van der Waals surface area contributed by atoms with Crippen LogP contribution >= 0.6 is 0 Å². The van der Waals surface area contributed by atoms with E-state index in [1.54, 1.807) is 30.3 Å². The quantitative estimate of drug-likeness (QED) is 0.724. The van der Waals surface area contributed by atoms with Crippen molar-refractivity contribution < 1.29 is 22.7 Å². The van der Waals surface area contributed by atoms with Crippen LogP contribution in [0.1, 0.15) is 18.4 Å².